The zero-order valence-corrected chi connectivity index (χ0v) is 16.8. The largest absolute Gasteiger partial charge is 0.477 e. The van der Waals surface area contributed by atoms with E-state index in [1.165, 1.54) is 12.8 Å². The number of hydrogen-bond donors (Lipinski definition) is 2. The highest BCUT2D eigenvalue weighted by Crippen LogP contribution is 2.29. The highest BCUT2D eigenvalue weighted by Gasteiger charge is 2.24. The first kappa shape index (κ1) is 20.5. The van der Waals surface area contributed by atoms with Gasteiger partial charge in [-0.25, -0.2) is 9.98 Å². The fraction of sp³-hybridized carbons (Fsp3) is 0.700. The van der Waals surface area contributed by atoms with Crippen LogP contribution < -0.4 is 15.4 Å². The maximum absolute atomic E-state index is 5.75. The first-order valence-electron chi connectivity index (χ1n) is 9.55. The number of nitrogens with zero attached hydrogens (tertiary/aromatic N) is 2. The average Bonchev–Trinajstić information content (AvgIpc) is 3.42. The van der Waals surface area contributed by atoms with Crippen molar-refractivity contribution in [3.8, 4) is 5.88 Å². The first-order valence-corrected chi connectivity index (χ1v) is 9.55. The van der Waals surface area contributed by atoms with Crippen LogP contribution in [-0.4, -0.2) is 43.9 Å². The lowest BCUT2D eigenvalue weighted by atomic mass is 9.89. The molecule has 1 atom stereocenters. The zero-order chi connectivity index (χ0) is 19.0. The second-order valence-electron chi connectivity index (χ2n) is 7.92. The molecule has 0 spiro atoms. The van der Waals surface area contributed by atoms with E-state index in [4.69, 9.17) is 9.47 Å². The number of aromatic nitrogens is 1. The van der Waals surface area contributed by atoms with Crippen LogP contribution in [0.1, 0.15) is 46.1 Å². The Morgan fingerprint density at radius 3 is 2.73 bits per heavy atom. The maximum atomic E-state index is 5.75. The molecule has 26 heavy (non-hydrogen) atoms. The van der Waals surface area contributed by atoms with Crippen molar-refractivity contribution >= 4 is 5.96 Å². The van der Waals surface area contributed by atoms with E-state index < -0.39 is 0 Å². The molecule has 1 heterocycles. The van der Waals surface area contributed by atoms with E-state index in [9.17, 15) is 0 Å². The molecule has 1 saturated carbocycles. The summed E-state index contributed by atoms with van der Waals surface area (Å²) >= 11 is 0. The van der Waals surface area contributed by atoms with Gasteiger partial charge < -0.3 is 20.1 Å². The molecule has 0 aliphatic heterocycles. The molecule has 1 unspecified atom stereocenters. The van der Waals surface area contributed by atoms with Gasteiger partial charge in [0.1, 0.15) is 0 Å². The predicted octanol–water partition coefficient (Wildman–Crippen LogP) is 2.99. The van der Waals surface area contributed by atoms with Crippen LogP contribution in [0.5, 0.6) is 5.88 Å². The molecule has 0 radical (unpaired) electrons. The number of pyridine rings is 1. The van der Waals surface area contributed by atoms with Gasteiger partial charge in [-0.15, -0.1) is 0 Å². The molecule has 1 aliphatic rings. The van der Waals surface area contributed by atoms with E-state index in [1.54, 1.807) is 13.3 Å². The Bertz CT molecular complexity index is 579. The molecule has 0 saturated heterocycles. The number of guanidine groups is 1. The number of ether oxygens (including phenoxy) is 2. The van der Waals surface area contributed by atoms with Gasteiger partial charge in [0.25, 0.3) is 0 Å². The van der Waals surface area contributed by atoms with Crippen molar-refractivity contribution in [3.05, 3.63) is 23.9 Å². The van der Waals surface area contributed by atoms with Gasteiger partial charge in [-0.05, 0) is 42.7 Å². The minimum absolute atomic E-state index is 0.0674. The number of hydrogen-bond acceptors (Lipinski definition) is 4. The van der Waals surface area contributed by atoms with E-state index in [0.717, 1.165) is 30.6 Å². The molecule has 1 aromatic rings. The molecule has 6 nitrogen and oxygen atoms in total. The van der Waals surface area contributed by atoms with E-state index in [0.29, 0.717) is 19.0 Å². The number of aliphatic imine (C=N–C) groups is 1. The fourth-order valence-electron chi connectivity index (χ4n) is 2.56. The summed E-state index contributed by atoms with van der Waals surface area (Å²) in [7, 11) is 1.75. The highest BCUT2D eigenvalue weighted by atomic mass is 16.5. The molecule has 146 valence electrons. The molecule has 2 rings (SSSR count). The predicted molar refractivity (Wildman–Crippen MR) is 106 cm³/mol. The van der Waals surface area contributed by atoms with Gasteiger partial charge in [0, 0.05) is 32.5 Å². The quantitative estimate of drug-likeness (QED) is 0.522. The second kappa shape index (κ2) is 9.76. The molecule has 6 heteroatoms. The standard InChI is InChI=1S/C20H34N4O2/c1-6-21-19(24-13-17(25-5)20(2,3)4)23-12-16-9-10-22-18(11-16)26-14-15-7-8-15/h9-11,15,17H,6-8,12-14H2,1-5H3,(H2,21,23,24). The van der Waals surface area contributed by atoms with Crippen LogP contribution in [0.15, 0.2) is 23.3 Å². The Labute approximate surface area is 157 Å². The summed E-state index contributed by atoms with van der Waals surface area (Å²) in [5.41, 5.74) is 1.15. The highest BCUT2D eigenvalue weighted by molar-refractivity contribution is 5.79. The lowest BCUT2D eigenvalue weighted by molar-refractivity contribution is 0.0205. The molecule has 1 fully saturated rings. The molecular weight excluding hydrogens is 328 g/mol. The Morgan fingerprint density at radius 2 is 2.12 bits per heavy atom. The van der Waals surface area contributed by atoms with Gasteiger partial charge in [-0.3, -0.25) is 0 Å². The van der Waals surface area contributed by atoms with E-state index >= 15 is 0 Å². The van der Waals surface area contributed by atoms with Crippen molar-refractivity contribution in [2.45, 2.75) is 53.2 Å². The Balaban J connectivity index is 1.91. The lowest BCUT2D eigenvalue weighted by Gasteiger charge is -2.30. The molecule has 0 aromatic carbocycles. The van der Waals surface area contributed by atoms with Crippen LogP contribution >= 0.6 is 0 Å². The van der Waals surface area contributed by atoms with Gasteiger partial charge >= 0.3 is 0 Å². The number of methoxy groups -OCH3 is 1. The Kier molecular flexibility index (Phi) is 7.69. The summed E-state index contributed by atoms with van der Waals surface area (Å²) in [6, 6.07) is 3.95. The van der Waals surface area contributed by atoms with Crippen LogP contribution in [0, 0.1) is 11.3 Å². The van der Waals surface area contributed by atoms with Crippen LogP contribution in [0.3, 0.4) is 0 Å². The van der Waals surface area contributed by atoms with Crippen LogP contribution in [0.4, 0.5) is 0 Å². The van der Waals surface area contributed by atoms with Gasteiger partial charge in [0.15, 0.2) is 5.96 Å². The molecule has 1 aliphatic carbocycles. The van der Waals surface area contributed by atoms with E-state index in [-0.39, 0.29) is 11.5 Å². The van der Waals surface area contributed by atoms with Crippen LogP contribution in [0.2, 0.25) is 0 Å². The fourth-order valence-corrected chi connectivity index (χ4v) is 2.56. The van der Waals surface area contributed by atoms with Crippen molar-refractivity contribution in [3.63, 3.8) is 0 Å². The third kappa shape index (κ3) is 7.20. The third-order valence-electron chi connectivity index (χ3n) is 4.43. The van der Waals surface area contributed by atoms with Gasteiger partial charge in [-0.1, -0.05) is 20.8 Å². The van der Waals surface area contributed by atoms with Crippen LogP contribution in [-0.2, 0) is 11.3 Å². The van der Waals surface area contributed by atoms with E-state index in [2.05, 4.69) is 48.3 Å². The topological polar surface area (TPSA) is 67.8 Å². The van der Waals surface area contributed by atoms with Crippen molar-refractivity contribution in [2.75, 3.05) is 26.8 Å². The Hall–Kier alpha value is -1.82. The maximum Gasteiger partial charge on any atom is 0.213 e. The second-order valence-corrected chi connectivity index (χ2v) is 7.92. The summed E-state index contributed by atoms with van der Waals surface area (Å²) < 4.78 is 11.4. The van der Waals surface area contributed by atoms with Gasteiger partial charge in [-0.2, -0.15) is 0 Å². The van der Waals surface area contributed by atoms with E-state index in [1.807, 2.05) is 12.1 Å². The minimum atomic E-state index is 0.0674. The average molecular weight is 363 g/mol. The number of nitrogens with one attached hydrogen (secondary N) is 2. The van der Waals surface area contributed by atoms with Crippen LogP contribution in [0.25, 0.3) is 0 Å². The Morgan fingerprint density at radius 1 is 1.35 bits per heavy atom. The zero-order valence-electron chi connectivity index (χ0n) is 16.8. The number of rotatable bonds is 9. The van der Waals surface area contributed by atoms with Crippen molar-refractivity contribution in [1.82, 2.24) is 15.6 Å². The van der Waals surface area contributed by atoms with Gasteiger partial charge in [0.2, 0.25) is 5.88 Å². The molecule has 0 amide bonds. The SMILES string of the molecule is CCNC(=NCc1ccnc(OCC2CC2)c1)NCC(OC)C(C)(C)C. The monoisotopic (exact) mass is 362 g/mol. The molecular formula is C20H34N4O2. The first-order chi connectivity index (χ1) is 12.4. The van der Waals surface area contributed by atoms with Gasteiger partial charge in [0.05, 0.1) is 19.3 Å². The molecule has 1 aromatic heterocycles. The normalized spacial score (nSPS) is 16.3. The summed E-state index contributed by atoms with van der Waals surface area (Å²) in [5.74, 6) is 2.20. The summed E-state index contributed by atoms with van der Waals surface area (Å²) in [4.78, 5) is 8.96. The summed E-state index contributed by atoms with van der Waals surface area (Å²) in [6.45, 7) is 11.4. The summed E-state index contributed by atoms with van der Waals surface area (Å²) in [6.07, 6.45) is 4.44. The summed E-state index contributed by atoms with van der Waals surface area (Å²) in [5, 5.41) is 6.66. The third-order valence-corrected chi connectivity index (χ3v) is 4.43. The molecule has 0 bridgehead atoms. The van der Waals surface area contributed by atoms with Crippen molar-refractivity contribution < 1.29 is 9.47 Å². The smallest absolute Gasteiger partial charge is 0.213 e. The molecule has 2 N–H and O–H groups in total. The minimum Gasteiger partial charge on any atom is -0.477 e. The van der Waals surface area contributed by atoms with Crippen molar-refractivity contribution in [1.29, 1.82) is 0 Å². The van der Waals surface area contributed by atoms with Crippen molar-refractivity contribution in [2.24, 2.45) is 16.3 Å². The lowest BCUT2D eigenvalue weighted by Crippen LogP contribution is -2.45.